The van der Waals surface area contributed by atoms with Gasteiger partial charge in [0.25, 0.3) is 5.91 Å². The van der Waals surface area contributed by atoms with Gasteiger partial charge in [0.05, 0.1) is 23.2 Å². The van der Waals surface area contributed by atoms with E-state index in [9.17, 15) is 22.8 Å². The minimum atomic E-state index is -3.72. The number of aromatic nitrogens is 1. The molecule has 9 nitrogen and oxygen atoms in total. The van der Waals surface area contributed by atoms with Crippen LogP contribution in [-0.4, -0.2) is 71.9 Å². The highest BCUT2D eigenvalue weighted by Crippen LogP contribution is 2.33. The lowest BCUT2D eigenvalue weighted by molar-refractivity contribution is -0.136. The summed E-state index contributed by atoms with van der Waals surface area (Å²) in [5.41, 5.74) is 0.559. The predicted octanol–water partition coefficient (Wildman–Crippen LogP) is 2.58. The van der Waals surface area contributed by atoms with Crippen LogP contribution in [0.3, 0.4) is 0 Å². The van der Waals surface area contributed by atoms with Gasteiger partial charge in [0, 0.05) is 36.6 Å². The Morgan fingerprint density at radius 1 is 1.14 bits per heavy atom. The fourth-order valence-corrected chi connectivity index (χ4v) is 7.81. The lowest BCUT2D eigenvalue weighted by Crippen LogP contribution is -2.43. The molecule has 2 unspecified atom stereocenters. The van der Waals surface area contributed by atoms with Crippen LogP contribution >= 0.6 is 11.3 Å². The molecule has 2 atom stereocenters. The Morgan fingerprint density at radius 3 is 2.76 bits per heavy atom. The molecule has 0 aliphatic carbocycles. The monoisotopic (exact) mass is 540 g/mol. The highest BCUT2D eigenvalue weighted by atomic mass is 32.2. The molecule has 1 N–H and O–H groups in total. The van der Waals surface area contributed by atoms with Crippen LogP contribution in [0.25, 0.3) is 10.1 Å². The molecule has 194 valence electrons. The summed E-state index contributed by atoms with van der Waals surface area (Å²) in [5.74, 6) is -0.734. The molecule has 0 radical (unpaired) electrons. The summed E-state index contributed by atoms with van der Waals surface area (Å²) in [7, 11) is -3.72. The van der Waals surface area contributed by atoms with E-state index in [-0.39, 0.29) is 36.3 Å². The maximum atomic E-state index is 13.0. The van der Waals surface area contributed by atoms with Crippen molar-refractivity contribution in [2.45, 2.75) is 43.5 Å². The average Bonchev–Trinajstić information content (AvgIpc) is 3.59. The molecular weight excluding hydrogens is 512 g/mol. The summed E-state index contributed by atoms with van der Waals surface area (Å²) in [6.45, 7) is 0.610. The van der Waals surface area contributed by atoms with Gasteiger partial charge in [0.2, 0.25) is 15.9 Å². The second-order valence-corrected chi connectivity index (χ2v) is 12.4. The maximum Gasteiger partial charge on any atom is 0.261 e. The van der Waals surface area contributed by atoms with E-state index in [1.54, 1.807) is 23.2 Å². The molecule has 2 aliphatic rings. The second-order valence-electron chi connectivity index (χ2n) is 9.38. The van der Waals surface area contributed by atoms with Gasteiger partial charge in [0.15, 0.2) is 5.78 Å². The van der Waals surface area contributed by atoms with Gasteiger partial charge < -0.3 is 10.2 Å². The van der Waals surface area contributed by atoms with Gasteiger partial charge in [0.1, 0.15) is 6.04 Å². The highest BCUT2D eigenvalue weighted by molar-refractivity contribution is 7.88. The third kappa shape index (κ3) is 5.43. The van der Waals surface area contributed by atoms with Crippen molar-refractivity contribution in [3.05, 3.63) is 65.3 Å². The number of ketones is 1. The summed E-state index contributed by atoms with van der Waals surface area (Å²) < 4.78 is 28.4. The first-order valence-corrected chi connectivity index (χ1v) is 14.7. The van der Waals surface area contributed by atoms with Gasteiger partial charge in [-0.2, -0.15) is 4.31 Å². The maximum absolute atomic E-state index is 13.0. The molecule has 5 rings (SSSR count). The fraction of sp³-hybridized carbons (Fsp3) is 0.385. The summed E-state index contributed by atoms with van der Waals surface area (Å²) in [4.78, 5) is 44.3. The van der Waals surface area contributed by atoms with Crippen LogP contribution in [0.15, 0.2) is 54.9 Å². The Bertz CT molecular complexity index is 1390. The number of fused-ring (bicyclic) bond motifs is 2. The number of rotatable bonds is 9. The Labute approximate surface area is 219 Å². The number of nitrogens with zero attached hydrogens (tertiary/aromatic N) is 3. The van der Waals surface area contributed by atoms with Crippen molar-refractivity contribution in [3.63, 3.8) is 0 Å². The number of carbonyl (C=O) groups excluding carboxylic acids is 3. The molecule has 37 heavy (non-hydrogen) atoms. The molecule has 2 aromatic heterocycles. The smallest absolute Gasteiger partial charge is 0.261 e. The number of sulfonamides is 1. The molecule has 0 spiro atoms. The average molecular weight is 541 g/mol. The number of pyridine rings is 1. The lowest BCUT2D eigenvalue weighted by Gasteiger charge is -2.24. The molecular formula is C26H28N4O5S2. The number of benzene rings is 1. The zero-order chi connectivity index (χ0) is 26.0. The molecule has 2 amide bonds. The van der Waals surface area contributed by atoms with Crippen LogP contribution in [0.2, 0.25) is 0 Å². The zero-order valence-corrected chi connectivity index (χ0v) is 21.8. The zero-order valence-electron chi connectivity index (χ0n) is 20.2. The minimum Gasteiger partial charge on any atom is -0.351 e. The normalized spacial score (nSPS) is 19.9. The van der Waals surface area contributed by atoms with Crippen LogP contribution < -0.4 is 5.32 Å². The number of carbonyl (C=O) groups is 3. The van der Waals surface area contributed by atoms with E-state index in [4.69, 9.17) is 0 Å². The van der Waals surface area contributed by atoms with Gasteiger partial charge in [-0.1, -0.05) is 24.3 Å². The number of amides is 2. The molecule has 2 fully saturated rings. The fourth-order valence-electron chi connectivity index (χ4n) is 5.12. The van der Waals surface area contributed by atoms with Gasteiger partial charge in [-0.05, 0) is 48.4 Å². The van der Waals surface area contributed by atoms with Gasteiger partial charge in [-0.15, -0.1) is 11.3 Å². The molecule has 3 aromatic rings. The summed E-state index contributed by atoms with van der Waals surface area (Å²) >= 11 is 1.45. The van der Waals surface area contributed by atoms with Crippen molar-refractivity contribution in [1.29, 1.82) is 0 Å². The van der Waals surface area contributed by atoms with Crippen molar-refractivity contribution in [1.82, 2.24) is 19.5 Å². The van der Waals surface area contributed by atoms with Crippen LogP contribution in [0.4, 0.5) is 0 Å². The molecule has 2 aliphatic heterocycles. The van der Waals surface area contributed by atoms with Crippen LogP contribution in [0.1, 0.15) is 40.9 Å². The van der Waals surface area contributed by atoms with Crippen LogP contribution in [0, 0.1) is 0 Å². The SMILES string of the molecule is O=C(NCCCCC(=O)N1CCC2C1C(=O)CN2S(=O)(=O)Cc1cccnc1)c1cc2ccccc2s1. The van der Waals surface area contributed by atoms with E-state index >= 15 is 0 Å². The third-order valence-corrected chi connectivity index (χ3v) is 9.81. The molecule has 11 heteroatoms. The summed E-state index contributed by atoms with van der Waals surface area (Å²) in [5, 5.41) is 3.94. The van der Waals surface area contributed by atoms with Crippen LogP contribution in [0.5, 0.6) is 0 Å². The predicted molar refractivity (Wildman–Crippen MR) is 140 cm³/mol. The van der Waals surface area contributed by atoms with Crippen molar-refractivity contribution < 1.29 is 22.8 Å². The number of unbranched alkanes of at least 4 members (excludes halogenated alkanes) is 1. The molecule has 2 saturated heterocycles. The summed E-state index contributed by atoms with van der Waals surface area (Å²) in [6.07, 6.45) is 4.96. The minimum absolute atomic E-state index is 0.126. The molecule has 4 heterocycles. The summed E-state index contributed by atoms with van der Waals surface area (Å²) in [6, 6.07) is 11.8. The number of thiophene rings is 1. The van der Waals surface area contributed by atoms with Gasteiger partial charge in [-0.25, -0.2) is 8.42 Å². The Morgan fingerprint density at radius 2 is 1.97 bits per heavy atom. The van der Waals surface area contributed by atoms with E-state index < -0.39 is 22.1 Å². The van der Waals surface area contributed by atoms with Crippen LogP contribution in [-0.2, 0) is 25.4 Å². The topological polar surface area (TPSA) is 117 Å². The molecule has 0 saturated carbocycles. The van der Waals surface area contributed by atoms with E-state index in [1.807, 2.05) is 30.3 Å². The number of nitrogens with one attached hydrogen (secondary N) is 1. The Balaban J connectivity index is 1.10. The quantitative estimate of drug-likeness (QED) is 0.417. The second kappa shape index (κ2) is 10.7. The highest BCUT2D eigenvalue weighted by Gasteiger charge is 2.53. The standard InChI is InChI=1S/C26H28N4O5S2/c31-21-16-30(37(34,35)17-18-6-5-11-27-15-18)20-10-13-29(25(20)21)24(32)9-3-4-12-28-26(33)23-14-19-7-1-2-8-22(19)36-23/h1-2,5-8,11,14-15,20,25H,3-4,9-10,12-13,16-17H2,(H,28,33). The van der Waals surface area contributed by atoms with E-state index in [1.165, 1.54) is 21.8 Å². The third-order valence-electron chi connectivity index (χ3n) is 6.88. The Hall–Kier alpha value is -3.15. The number of likely N-dealkylation sites (tertiary alicyclic amines) is 1. The van der Waals surface area contributed by atoms with E-state index in [0.29, 0.717) is 42.8 Å². The molecule has 1 aromatic carbocycles. The van der Waals surface area contributed by atoms with E-state index in [0.717, 1.165) is 10.1 Å². The Kier molecular flexibility index (Phi) is 7.36. The van der Waals surface area contributed by atoms with Gasteiger partial charge >= 0.3 is 0 Å². The van der Waals surface area contributed by atoms with Crippen molar-refractivity contribution in [2.24, 2.45) is 0 Å². The van der Waals surface area contributed by atoms with Crippen molar-refractivity contribution in [2.75, 3.05) is 19.6 Å². The number of hydrogen-bond acceptors (Lipinski definition) is 7. The van der Waals surface area contributed by atoms with Gasteiger partial charge in [-0.3, -0.25) is 19.4 Å². The first-order chi connectivity index (χ1) is 17.8. The first-order valence-electron chi connectivity index (χ1n) is 12.3. The number of hydrogen-bond donors (Lipinski definition) is 1. The van der Waals surface area contributed by atoms with Crippen molar-refractivity contribution >= 4 is 49.0 Å². The largest absolute Gasteiger partial charge is 0.351 e. The van der Waals surface area contributed by atoms with Crippen molar-refractivity contribution in [3.8, 4) is 0 Å². The van der Waals surface area contributed by atoms with E-state index in [2.05, 4.69) is 10.3 Å². The first kappa shape index (κ1) is 25.5. The molecule has 0 bridgehead atoms. The number of Topliss-reactive ketones (excluding diaryl/α,β-unsaturated/α-hetero) is 1. The lowest BCUT2D eigenvalue weighted by atomic mass is 10.1.